The maximum Gasteiger partial charge on any atom is 0.0695 e. The molecule has 1 aliphatic carbocycles. The molecule has 1 aliphatic rings. The maximum atomic E-state index is 5.30. The minimum atomic E-state index is 0. The zero-order valence-corrected chi connectivity index (χ0v) is 20.9. The fourth-order valence-corrected chi connectivity index (χ4v) is 5.46. The van der Waals surface area contributed by atoms with Crippen LogP contribution in [0, 0.1) is 23.2 Å². The summed E-state index contributed by atoms with van der Waals surface area (Å²) >= 11 is 0. The fraction of sp³-hybridized carbons (Fsp3) is 0.667. The Morgan fingerprint density at radius 3 is 2.10 bits per heavy atom. The number of para-hydroxylation sites is 1. The van der Waals surface area contributed by atoms with Crippen LogP contribution in [0.2, 0.25) is 0 Å². The lowest BCUT2D eigenvalue weighted by molar-refractivity contribution is 0.0981. The largest absolute Gasteiger partial charge is 0.260 e. The van der Waals surface area contributed by atoms with Gasteiger partial charge in [-0.15, -0.1) is 19.0 Å². The summed E-state index contributed by atoms with van der Waals surface area (Å²) in [6, 6.07) is 6.73. The second kappa shape index (κ2) is 10.8. The average Bonchev–Trinajstić information content (AvgIpc) is 2.58. The Morgan fingerprint density at radius 1 is 1.10 bits per heavy atom. The van der Waals surface area contributed by atoms with Crippen LogP contribution in [0.3, 0.4) is 0 Å². The van der Waals surface area contributed by atoms with Crippen molar-refractivity contribution in [3.8, 4) is 0 Å². The van der Waals surface area contributed by atoms with Gasteiger partial charge in [0.25, 0.3) is 0 Å². The minimum Gasteiger partial charge on any atom is -0.260 e. The molecule has 0 bridgehead atoms. The molecule has 1 aromatic rings. The molecule has 0 saturated heterocycles. The highest BCUT2D eigenvalue weighted by atomic mass is 35.5. The molecule has 29 heavy (non-hydrogen) atoms. The van der Waals surface area contributed by atoms with Gasteiger partial charge in [-0.05, 0) is 66.9 Å². The number of rotatable bonds is 7. The lowest BCUT2D eigenvalue weighted by Gasteiger charge is -2.46. The molecular weight excluding hydrogens is 374 g/mol. The van der Waals surface area contributed by atoms with Gasteiger partial charge in [0.1, 0.15) is 0 Å². The topological polar surface area (TPSA) is 12.4 Å². The molecule has 2 rings (SSSR count). The Morgan fingerprint density at radius 2 is 1.66 bits per heavy atom. The number of halogens is 1. The van der Waals surface area contributed by atoms with E-state index in [1.54, 1.807) is 0 Å². The first-order valence-electron chi connectivity index (χ1n) is 11.4. The third-order valence-corrected chi connectivity index (χ3v) is 6.67. The van der Waals surface area contributed by atoms with Gasteiger partial charge in [0, 0.05) is 11.6 Å². The monoisotopic (exact) mass is 417 g/mol. The van der Waals surface area contributed by atoms with E-state index in [0.717, 1.165) is 12.3 Å². The van der Waals surface area contributed by atoms with E-state index in [-0.39, 0.29) is 17.8 Å². The number of benzene rings is 1. The Labute approximate surface area is 186 Å². The lowest BCUT2D eigenvalue weighted by atomic mass is 9.58. The van der Waals surface area contributed by atoms with E-state index in [1.807, 2.05) is 0 Å². The number of allylic oxidation sites excluding steroid dienone is 1. The number of aliphatic imine (C=N–C) groups is 1. The predicted octanol–water partition coefficient (Wildman–Crippen LogP) is 9.10. The molecule has 0 spiro atoms. The second-order valence-corrected chi connectivity index (χ2v) is 10.5. The smallest absolute Gasteiger partial charge is 0.0695 e. The Kier molecular flexibility index (Phi) is 9.67. The van der Waals surface area contributed by atoms with E-state index < -0.39 is 0 Å². The molecule has 0 N–H and O–H groups in total. The first-order valence-corrected chi connectivity index (χ1v) is 11.4. The molecule has 1 unspecified atom stereocenters. The highest BCUT2D eigenvalue weighted by Gasteiger charge is 2.43. The Hall–Kier alpha value is -1.08. The summed E-state index contributed by atoms with van der Waals surface area (Å²) < 4.78 is 0. The molecule has 0 heterocycles. The van der Waals surface area contributed by atoms with E-state index in [1.165, 1.54) is 41.6 Å². The van der Waals surface area contributed by atoms with E-state index in [2.05, 4.69) is 86.4 Å². The van der Waals surface area contributed by atoms with Crippen molar-refractivity contribution in [2.75, 3.05) is 0 Å². The highest BCUT2D eigenvalue weighted by Crippen LogP contribution is 2.50. The predicted molar refractivity (Wildman–Crippen MR) is 133 cm³/mol. The Bertz CT molecular complexity index is 674. The van der Waals surface area contributed by atoms with Gasteiger partial charge in [-0.2, -0.15) is 0 Å². The first kappa shape index (κ1) is 26.0. The van der Waals surface area contributed by atoms with Gasteiger partial charge in [0.2, 0.25) is 0 Å². The third kappa shape index (κ3) is 6.20. The summed E-state index contributed by atoms with van der Waals surface area (Å²) in [6.45, 7) is 22.8. The summed E-state index contributed by atoms with van der Waals surface area (Å²) in [7, 11) is 0. The van der Waals surface area contributed by atoms with Crippen molar-refractivity contribution in [3.63, 3.8) is 0 Å². The normalized spacial score (nSPS) is 25.1. The standard InChI is InChI=1S/C27H43N.ClH/c1-18(2)15-27(16-22(9)13-14-25(27)21(7)8)17-28-26-23(19(3)4)11-10-12-24(26)20(5)6;/h10-12,17,19-22,25H,1,13-16H2,2-9H3;1H/t22-,25+,27?;/m1./s1. The van der Waals surface area contributed by atoms with Gasteiger partial charge in [0.15, 0.2) is 0 Å². The van der Waals surface area contributed by atoms with Crippen LogP contribution in [0.15, 0.2) is 35.3 Å². The van der Waals surface area contributed by atoms with Gasteiger partial charge >= 0.3 is 0 Å². The quantitative estimate of drug-likeness (QED) is 0.309. The summed E-state index contributed by atoms with van der Waals surface area (Å²) in [4.78, 5) is 5.30. The zero-order valence-electron chi connectivity index (χ0n) is 20.1. The molecule has 1 saturated carbocycles. The summed E-state index contributed by atoms with van der Waals surface area (Å²) in [5, 5.41) is 0. The zero-order chi connectivity index (χ0) is 21.1. The Balaban J connectivity index is 0.00000420. The summed E-state index contributed by atoms with van der Waals surface area (Å²) in [5.74, 6) is 3.06. The second-order valence-electron chi connectivity index (χ2n) is 10.5. The molecule has 0 aromatic heterocycles. The van der Waals surface area contributed by atoms with E-state index >= 15 is 0 Å². The molecule has 0 amide bonds. The number of hydrogen-bond acceptors (Lipinski definition) is 1. The highest BCUT2D eigenvalue weighted by molar-refractivity contribution is 5.85. The molecular formula is C27H44ClN. The fourth-order valence-electron chi connectivity index (χ4n) is 5.46. The molecule has 0 radical (unpaired) electrons. The maximum absolute atomic E-state index is 5.30. The van der Waals surface area contributed by atoms with E-state index in [4.69, 9.17) is 4.99 Å². The van der Waals surface area contributed by atoms with Crippen molar-refractivity contribution >= 4 is 24.3 Å². The van der Waals surface area contributed by atoms with Crippen molar-refractivity contribution in [3.05, 3.63) is 41.5 Å². The van der Waals surface area contributed by atoms with Gasteiger partial charge in [-0.25, -0.2) is 0 Å². The van der Waals surface area contributed by atoms with Gasteiger partial charge in [0.05, 0.1) is 5.69 Å². The van der Waals surface area contributed by atoms with E-state index in [9.17, 15) is 0 Å². The molecule has 0 aliphatic heterocycles. The van der Waals surface area contributed by atoms with Crippen molar-refractivity contribution in [1.29, 1.82) is 0 Å². The molecule has 3 atom stereocenters. The van der Waals surface area contributed by atoms with Gasteiger partial charge in [-0.3, -0.25) is 4.99 Å². The first-order chi connectivity index (χ1) is 13.1. The third-order valence-electron chi connectivity index (χ3n) is 6.67. The lowest BCUT2D eigenvalue weighted by Crippen LogP contribution is -2.41. The van der Waals surface area contributed by atoms with Crippen LogP contribution in [-0.2, 0) is 0 Å². The number of nitrogens with zero attached hydrogens (tertiary/aromatic N) is 1. The molecule has 164 valence electrons. The summed E-state index contributed by atoms with van der Waals surface area (Å²) in [6.07, 6.45) is 7.31. The van der Waals surface area contributed by atoms with Crippen LogP contribution in [0.1, 0.15) is 104 Å². The average molecular weight is 418 g/mol. The van der Waals surface area contributed by atoms with Crippen molar-refractivity contribution in [1.82, 2.24) is 0 Å². The van der Waals surface area contributed by atoms with Crippen LogP contribution in [0.25, 0.3) is 0 Å². The van der Waals surface area contributed by atoms with Gasteiger partial charge < -0.3 is 0 Å². The molecule has 1 aromatic carbocycles. The van der Waals surface area contributed by atoms with Gasteiger partial charge in [-0.1, -0.05) is 78.7 Å². The van der Waals surface area contributed by atoms with Crippen LogP contribution in [-0.4, -0.2) is 6.21 Å². The van der Waals surface area contributed by atoms with Crippen molar-refractivity contribution in [2.24, 2.45) is 28.2 Å². The van der Waals surface area contributed by atoms with E-state index in [0.29, 0.717) is 23.7 Å². The van der Waals surface area contributed by atoms with Crippen molar-refractivity contribution < 1.29 is 0 Å². The molecule has 1 nitrogen and oxygen atoms in total. The minimum absolute atomic E-state index is 0. The van der Waals surface area contributed by atoms with Crippen LogP contribution in [0.4, 0.5) is 5.69 Å². The summed E-state index contributed by atoms with van der Waals surface area (Å²) in [5.41, 5.74) is 5.38. The van der Waals surface area contributed by atoms with Crippen LogP contribution < -0.4 is 0 Å². The van der Waals surface area contributed by atoms with Crippen LogP contribution >= 0.6 is 12.4 Å². The number of hydrogen-bond donors (Lipinski definition) is 0. The van der Waals surface area contributed by atoms with Crippen molar-refractivity contribution in [2.45, 2.75) is 92.9 Å². The molecule has 1 fully saturated rings. The molecule has 2 heteroatoms. The SMILES string of the molecule is C=C(C)CC1(C=Nc2c(C(C)C)cccc2C(C)C)C[C@H](C)CC[C@H]1C(C)C.Cl. The van der Waals surface area contributed by atoms with Crippen LogP contribution in [0.5, 0.6) is 0 Å².